The number of carboxylic acid groups (broad SMARTS) is 1. The van der Waals surface area contributed by atoms with Crippen LogP contribution in [0.4, 0.5) is 4.39 Å². The van der Waals surface area contributed by atoms with E-state index in [1.165, 1.54) is 0 Å². The second-order valence-corrected chi connectivity index (χ2v) is 18.4. The van der Waals surface area contributed by atoms with Gasteiger partial charge in [0.25, 0.3) is 0 Å². The predicted octanol–water partition coefficient (Wildman–Crippen LogP) is 9.14. The molecule has 46 heavy (non-hydrogen) atoms. The molecule has 5 aliphatic carbocycles. The molecule has 5 fully saturated rings. The zero-order valence-corrected chi connectivity index (χ0v) is 29.8. The summed E-state index contributed by atoms with van der Waals surface area (Å²) in [5, 5.41) is 26.3. The van der Waals surface area contributed by atoms with E-state index in [1.807, 2.05) is 13.8 Å². The molecule has 1 unspecified atom stereocenters. The van der Waals surface area contributed by atoms with Crippen LogP contribution in [0, 0.1) is 62.1 Å². The minimum atomic E-state index is -1.40. The fourth-order valence-electron chi connectivity index (χ4n) is 13.1. The monoisotopic (exact) mass is 644 g/mol. The van der Waals surface area contributed by atoms with Crippen molar-refractivity contribution in [2.45, 2.75) is 145 Å². The molecule has 0 aromatic rings. The van der Waals surface area contributed by atoms with E-state index in [2.05, 4.69) is 58.3 Å². The van der Waals surface area contributed by atoms with Crippen LogP contribution in [-0.2, 0) is 14.3 Å². The van der Waals surface area contributed by atoms with Gasteiger partial charge in [-0.2, -0.15) is 10.2 Å². The van der Waals surface area contributed by atoms with Gasteiger partial charge in [0.1, 0.15) is 6.10 Å². The Hall–Kier alpha value is -1.83. The standard InChI is InChI=1S/C38H61FN2O5/c1-23(2)24-12-17-38(32(39)41-40-22-42)19-18-36(8)25(31(24)38)10-11-27-35(7)15-14-28(34(5,6)26(35)13-16-37(27,36)9)46-30(45)21-33(3,4)20-29(43)44/h24-28,31-32,42H,1,10-22H2,2-9H3,(H,43,44)/t24-,25+,26-,27+,28-,31+,32?,35-,36+,37+,38-/m0/s1. The van der Waals surface area contributed by atoms with Crippen LogP contribution in [-0.4, -0.2) is 41.3 Å². The number of allylic oxidation sites excluding steroid dienone is 1. The van der Waals surface area contributed by atoms with Crippen LogP contribution in [0.3, 0.4) is 0 Å². The first-order valence-corrected chi connectivity index (χ1v) is 18.0. The molecule has 0 spiro atoms. The molecule has 5 rings (SSSR count). The van der Waals surface area contributed by atoms with E-state index in [4.69, 9.17) is 4.74 Å². The molecular weight excluding hydrogens is 583 g/mol. The second kappa shape index (κ2) is 11.9. The number of aliphatic hydroxyl groups is 1. The van der Waals surface area contributed by atoms with Crippen molar-refractivity contribution in [1.29, 1.82) is 0 Å². The number of aliphatic carboxylic acids is 1. The summed E-state index contributed by atoms with van der Waals surface area (Å²) in [6.07, 6.45) is 8.20. The van der Waals surface area contributed by atoms with Gasteiger partial charge in [-0.3, -0.25) is 9.59 Å². The maximum atomic E-state index is 16.1. The fourth-order valence-corrected chi connectivity index (χ4v) is 13.1. The third kappa shape index (κ3) is 5.39. The molecule has 0 aromatic heterocycles. The lowest BCUT2D eigenvalue weighted by atomic mass is 9.32. The minimum absolute atomic E-state index is 0.0626. The lowest BCUT2D eigenvalue weighted by Crippen LogP contribution is -2.67. The Morgan fingerprint density at radius 2 is 1.63 bits per heavy atom. The summed E-state index contributed by atoms with van der Waals surface area (Å²) in [5.41, 5.74) is 0.0377. The Labute approximate surface area is 276 Å². The number of hydrogen-bond donors (Lipinski definition) is 2. The smallest absolute Gasteiger partial charge is 0.306 e. The summed E-state index contributed by atoms with van der Waals surface area (Å²) in [6, 6.07) is 0. The molecule has 0 bridgehead atoms. The molecule has 5 aliphatic rings. The molecule has 7 nitrogen and oxygen atoms in total. The number of alkyl halides is 1. The van der Waals surface area contributed by atoms with Gasteiger partial charge in [-0.05, 0) is 122 Å². The van der Waals surface area contributed by atoms with Gasteiger partial charge in [0.2, 0.25) is 6.30 Å². The van der Waals surface area contributed by atoms with Gasteiger partial charge >= 0.3 is 11.9 Å². The van der Waals surface area contributed by atoms with Crippen molar-refractivity contribution < 1.29 is 28.9 Å². The topological polar surface area (TPSA) is 109 Å². The zero-order chi connectivity index (χ0) is 34.1. The summed E-state index contributed by atoms with van der Waals surface area (Å²) in [5.74, 6) is 0.583. The highest BCUT2D eigenvalue weighted by molar-refractivity contribution is 5.73. The van der Waals surface area contributed by atoms with Crippen molar-refractivity contribution in [2.24, 2.45) is 72.3 Å². The van der Waals surface area contributed by atoms with Gasteiger partial charge < -0.3 is 14.9 Å². The number of nitrogens with zero attached hydrogens (tertiary/aromatic N) is 2. The highest BCUT2D eigenvalue weighted by Gasteiger charge is 2.72. The molecule has 0 heterocycles. The average molecular weight is 645 g/mol. The van der Waals surface area contributed by atoms with E-state index in [0.29, 0.717) is 17.8 Å². The van der Waals surface area contributed by atoms with E-state index >= 15 is 4.39 Å². The Balaban J connectivity index is 1.41. The minimum Gasteiger partial charge on any atom is -0.481 e. The molecule has 0 aliphatic heterocycles. The third-order valence-corrected chi connectivity index (χ3v) is 15.3. The van der Waals surface area contributed by atoms with E-state index in [0.717, 1.165) is 69.8 Å². The lowest BCUT2D eigenvalue weighted by Gasteiger charge is -2.73. The van der Waals surface area contributed by atoms with Crippen LogP contribution in [0.5, 0.6) is 0 Å². The fraction of sp³-hybridized carbons (Fsp3) is 0.895. The average Bonchev–Trinajstić information content (AvgIpc) is 3.34. The number of ether oxygens (including phenoxy) is 1. The Morgan fingerprint density at radius 3 is 2.26 bits per heavy atom. The van der Waals surface area contributed by atoms with Gasteiger partial charge in [-0.25, -0.2) is 4.39 Å². The van der Waals surface area contributed by atoms with Crippen LogP contribution in [0.2, 0.25) is 0 Å². The van der Waals surface area contributed by atoms with Crippen molar-refractivity contribution in [3.8, 4) is 0 Å². The van der Waals surface area contributed by atoms with Crippen molar-refractivity contribution in [2.75, 3.05) is 6.73 Å². The number of hydrogen-bond acceptors (Lipinski definition) is 6. The molecule has 2 N–H and O–H groups in total. The normalized spacial score (nSPS) is 44.0. The van der Waals surface area contributed by atoms with Crippen molar-refractivity contribution in [3.05, 3.63) is 12.2 Å². The summed E-state index contributed by atoms with van der Waals surface area (Å²) < 4.78 is 22.4. The molecule has 260 valence electrons. The van der Waals surface area contributed by atoms with Gasteiger partial charge in [-0.15, -0.1) is 0 Å². The van der Waals surface area contributed by atoms with Crippen LogP contribution < -0.4 is 0 Å². The second-order valence-electron chi connectivity index (χ2n) is 18.4. The van der Waals surface area contributed by atoms with Gasteiger partial charge in [0.15, 0.2) is 6.73 Å². The van der Waals surface area contributed by atoms with Crippen molar-refractivity contribution >= 4 is 11.9 Å². The number of esters is 1. The van der Waals surface area contributed by atoms with Crippen LogP contribution in [0.25, 0.3) is 0 Å². The molecule has 0 radical (unpaired) electrons. The first kappa shape index (κ1) is 35.5. The number of halogens is 1. The molecule has 8 heteroatoms. The van der Waals surface area contributed by atoms with E-state index < -0.39 is 29.8 Å². The first-order chi connectivity index (χ1) is 21.3. The quantitative estimate of drug-likeness (QED) is 0.113. The van der Waals surface area contributed by atoms with Crippen molar-refractivity contribution in [1.82, 2.24) is 0 Å². The summed E-state index contributed by atoms with van der Waals surface area (Å²) in [4.78, 5) is 24.5. The summed E-state index contributed by atoms with van der Waals surface area (Å²) in [6.45, 7) is 21.9. The predicted molar refractivity (Wildman–Crippen MR) is 176 cm³/mol. The van der Waals surface area contributed by atoms with Crippen LogP contribution >= 0.6 is 0 Å². The molecular formula is C38H61FN2O5. The number of carboxylic acids is 1. The van der Waals surface area contributed by atoms with Gasteiger partial charge in [0, 0.05) is 10.8 Å². The molecule has 0 amide bonds. The number of rotatable bonds is 9. The van der Waals surface area contributed by atoms with E-state index in [-0.39, 0.29) is 58.4 Å². The largest absolute Gasteiger partial charge is 0.481 e. The van der Waals surface area contributed by atoms with Crippen LogP contribution in [0.15, 0.2) is 22.4 Å². The lowest BCUT2D eigenvalue weighted by molar-refractivity contribution is -0.253. The molecule has 5 saturated carbocycles. The summed E-state index contributed by atoms with van der Waals surface area (Å²) in [7, 11) is 0. The van der Waals surface area contributed by atoms with E-state index in [9.17, 15) is 19.8 Å². The molecule has 0 saturated heterocycles. The highest BCUT2D eigenvalue weighted by Crippen LogP contribution is 2.78. The molecule has 11 atom stereocenters. The number of carbonyl (C=O) groups excluding carboxylic acids is 1. The zero-order valence-electron chi connectivity index (χ0n) is 29.8. The Morgan fingerprint density at radius 1 is 0.935 bits per heavy atom. The van der Waals surface area contributed by atoms with Gasteiger partial charge in [-0.1, -0.05) is 60.6 Å². The third-order valence-electron chi connectivity index (χ3n) is 15.3. The van der Waals surface area contributed by atoms with Gasteiger partial charge in [0.05, 0.1) is 12.8 Å². The maximum absolute atomic E-state index is 16.1. The molecule has 0 aromatic carbocycles. The Bertz CT molecular complexity index is 1250. The number of carbonyl (C=O) groups is 2. The van der Waals surface area contributed by atoms with Crippen molar-refractivity contribution in [3.63, 3.8) is 0 Å². The highest BCUT2D eigenvalue weighted by atomic mass is 19.1. The number of fused-ring (bicyclic) bond motifs is 7. The SMILES string of the molecule is C=C(C)[C@@H]1CC[C@]2(C(F)N=NCO)CC[C@]3(C)[C@H](CC[C@@H]4[C@@]5(C)CC[C@H](OC(=O)CC(C)(C)CC(=O)O)C(C)(C)[C@@H]5CC[C@]43C)[C@@H]12. The Kier molecular flexibility index (Phi) is 9.21. The number of azo groups is 1. The van der Waals surface area contributed by atoms with Crippen LogP contribution in [0.1, 0.15) is 132 Å². The first-order valence-electron chi connectivity index (χ1n) is 18.0. The number of aliphatic hydroxyl groups excluding tert-OH is 1. The maximum Gasteiger partial charge on any atom is 0.306 e. The van der Waals surface area contributed by atoms with E-state index in [1.54, 1.807) is 0 Å². The summed E-state index contributed by atoms with van der Waals surface area (Å²) >= 11 is 0.